The van der Waals surface area contributed by atoms with Crippen LogP contribution in [0.15, 0.2) is 35.5 Å². The van der Waals surface area contributed by atoms with Gasteiger partial charge in [-0.15, -0.1) is 0 Å². The molecule has 6 nitrogen and oxygen atoms in total. The molecule has 0 spiro atoms. The summed E-state index contributed by atoms with van der Waals surface area (Å²) >= 11 is 0. The Bertz CT molecular complexity index is 1730. The van der Waals surface area contributed by atoms with E-state index in [1.165, 1.54) is 11.1 Å². The van der Waals surface area contributed by atoms with Gasteiger partial charge in [0.25, 0.3) is 0 Å². The van der Waals surface area contributed by atoms with E-state index in [1.54, 1.807) is 4.90 Å². The molecule has 1 aliphatic heterocycles. The Morgan fingerprint density at radius 1 is 0.945 bits per heavy atom. The van der Waals surface area contributed by atoms with Gasteiger partial charge >= 0.3 is 12.1 Å². The summed E-state index contributed by atoms with van der Waals surface area (Å²) in [6.45, 7) is 17.9. The molecule has 1 saturated heterocycles. The van der Waals surface area contributed by atoms with Gasteiger partial charge in [0.1, 0.15) is 12.7 Å². The summed E-state index contributed by atoms with van der Waals surface area (Å²) in [6.07, 6.45) is 9.29. The third-order valence-electron chi connectivity index (χ3n) is 18.0. The van der Waals surface area contributed by atoms with E-state index in [4.69, 9.17) is 0 Å². The molecule has 0 aromatic carbocycles. The molecule has 5 fully saturated rings. The molecule has 11 atom stereocenters. The van der Waals surface area contributed by atoms with Crippen LogP contribution in [0.1, 0.15) is 119 Å². The Hall–Kier alpha value is -1.72. The summed E-state index contributed by atoms with van der Waals surface area (Å²) in [7, 11) is -3.20. The van der Waals surface area contributed by atoms with E-state index in [0.29, 0.717) is 37.5 Å². The van der Waals surface area contributed by atoms with Crippen molar-refractivity contribution < 1.29 is 35.9 Å². The SMILES string of the molecule is C=C(C)[C@@H]1CCC2(NC(CN3CCS(=O)(=O)CC3)C(F)(F)F)CC[C@]3(C)[C@H](CC[C@@H]4[C@@]5(C)CC=C(C6=CC[C@](CF)(C(=O)O)CC6)C(C)(C)[C@@H]5CC[C@]43C)[C@@H]12. The minimum atomic E-state index is -4.46. The van der Waals surface area contributed by atoms with Crippen LogP contribution in [0.2, 0.25) is 0 Å². The van der Waals surface area contributed by atoms with Gasteiger partial charge in [0.05, 0.1) is 16.9 Å². The largest absolute Gasteiger partial charge is 0.481 e. The van der Waals surface area contributed by atoms with E-state index in [1.807, 2.05) is 6.08 Å². The number of carboxylic acids is 1. The van der Waals surface area contributed by atoms with Crippen molar-refractivity contribution in [3.63, 3.8) is 0 Å². The molecule has 4 saturated carbocycles. The highest BCUT2D eigenvalue weighted by atomic mass is 32.2. The Labute approximate surface area is 327 Å². The minimum absolute atomic E-state index is 0.00596. The van der Waals surface area contributed by atoms with Crippen molar-refractivity contribution in [1.29, 1.82) is 0 Å². The first kappa shape index (κ1) is 41.4. The van der Waals surface area contributed by atoms with E-state index in [-0.39, 0.29) is 77.0 Å². The molecule has 2 unspecified atom stereocenters. The van der Waals surface area contributed by atoms with Crippen molar-refractivity contribution in [3.8, 4) is 0 Å². The molecule has 310 valence electrons. The quantitative estimate of drug-likeness (QED) is 0.188. The first-order valence-electron chi connectivity index (χ1n) is 21.1. The number of aliphatic carboxylic acids is 1. The molecule has 0 amide bonds. The van der Waals surface area contributed by atoms with Gasteiger partial charge in [0.15, 0.2) is 9.84 Å². The fraction of sp³-hybridized carbons (Fsp3) is 0.841. The van der Waals surface area contributed by atoms with Crippen LogP contribution in [-0.4, -0.2) is 80.0 Å². The molecule has 2 N–H and O–H groups in total. The Balaban J connectivity index is 1.17. The maximum absolute atomic E-state index is 15.0. The number of nitrogens with zero attached hydrogens (tertiary/aromatic N) is 1. The molecule has 7 aliphatic rings. The molecule has 1 heterocycles. The zero-order chi connectivity index (χ0) is 40.2. The number of sulfone groups is 1. The van der Waals surface area contributed by atoms with Crippen molar-refractivity contribution in [1.82, 2.24) is 10.2 Å². The van der Waals surface area contributed by atoms with Crippen molar-refractivity contribution in [2.45, 2.75) is 136 Å². The van der Waals surface area contributed by atoms with Crippen LogP contribution in [0.3, 0.4) is 0 Å². The molecule has 55 heavy (non-hydrogen) atoms. The molecule has 11 heteroatoms. The lowest BCUT2D eigenvalue weighted by Gasteiger charge is -2.72. The number of fused-ring (bicyclic) bond motifs is 7. The van der Waals surface area contributed by atoms with E-state index >= 15 is 13.2 Å². The number of hydrogen-bond donors (Lipinski definition) is 2. The highest BCUT2D eigenvalue weighted by molar-refractivity contribution is 7.91. The lowest BCUT2D eigenvalue weighted by molar-refractivity contribution is -0.225. The summed E-state index contributed by atoms with van der Waals surface area (Å²) in [6, 6.07) is -1.73. The first-order chi connectivity index (χ1) is 25.5. The number of carbonyl (C=O) groups is 1. The minimum Gasteiger partial charge on any atom is -0.481 e. The van der Waals surface area contributed by atoms with E-state index in [2.05, 4.69) is 59.5 Å². The van der Waals surface area contributed by atoms with Crippen LogP contribution in [0.5, 0.6) is 0 Å². The molecule has 7 rings (SSSR count). The monoisotopic (exact) mass is 794 g/mol. The Morgan fingerprint density at radius 3 is 2.22 bits per heavy atom. The summed E-state index contributed by atoms with van der Waals surface area (Å²) in [5, 5.41) is 13.2. The lowest BCUT2D eigenvalue weighted by atomic mass is 9.33. The smallest absolute Gasteiger partial charge is 0.405 e. The highest BCUT2D eigenvalue weighted by Crippen LogP contribution is 2.76. The van der Waals surface area contributed by atoms with Crippen LogP contribution < -0.4 is 5.32 Å². The second-order valence-electron chi connectivity index (χ2n) is 20.7. The summed E-state index contributed by atoms with van der Waals surface area (Å²) in [5.41, 5.74) is 1.44. The summed E-state index contributed by atoms with van der Waals surface area (Å²) in [5.74, 6) is 0.0899. The van der Waals surface area contributed by atoms with Crippen LogP contribution in [0, 0.1) is 56.7 Å². The van der Waals surface area contributed by atoms with Crippen molar-refractivity contribution >= 4 is 15.8 Å². The van der Waals surface area contributed by atoms with E-state index in [0.717, 1.165) is 50.5 Å². The van der Waals surface area contributed by atoms with Crippen LogP contribution >= 0.6 is 0 Å². The molecular weight excluding hydrogens is 729 g/mol. The average Bonchev–Trinajstić information content (AvgIpc) is 3.48. The van der Waals surface area contributed by atoms with Gasteiger partial charge in [-0.1, -0.05) is 58.9 Å². The van der Waals surface area contributed by atoms with Gasteiger partial charge in [-0.05, 0) is 146 Å². The number of nitrogens with one attached hydrogen (secondary N) is 1. The van der Waals surface area contributed by atoms with Crippen molar-refractivity contribution in [2.75, 3.05) is 37.8 Å². The van der Waals surface area contributed by atoms with Gasteiger partial charge < -0.3 is 5.11 Å². The molecule has 0 aromatic rings. The van der Waals surface area contributed by atoms with Crippen LogP contribution in [-0.2, 0) is 14.6 Å². The van der Waals surface area contributed by atoms with Crippen LogP contribution in [0.4, 0.5) is 17.6 Å². The third kappa shape index (κ3) is 6.44. The van der Waals surface area contributed by atoms with Gasteiger partial charge in [-0.2, -0.15) is 13.2 Å². The second-order valence-corrected chi connectivity index (χ2v) is 23.0. The van der Waals surface area contributed by atoms with Gasteiger partial charge in [0.2, 0.25) is 0 Å². The maximum Gasteiger partial charge on any atom is 0.405 e. The number of alkyl halides is 4. The summed E-state index contributed by atoms with van der Waals surface area (Å²) < 4.78 is 83.2. The zero-order valence-corrected chi connectivity index (χ0v) is 34.9. The zero-order valence-electron chi connectivity index (χ0n) is 34.1. The fourth-order valence-corrected chi connectivity index (χ4v) is 16.1. The maximum atomic E-state index is 15.0. The molecule has 0 bridgehead atoms. The van der Waals surface area contributed by atoms with Gasteiger partial charge in [0, 0.05) is 25.2 Å². The third-order valence-corrected chi connectivity index (χ3v) is 19.7. The first-order valence-corrected chi connectivity index (χ1v) is 22.9. The topological polar surface area (TPSA) is 86.7 Å². The number of allylic oxidation sites excluding steroid dienone is 5. The van der Waals surface area contributed by atoms with E-state index < -0.39 is 45.7 Å². The standard InChI is InChI=1S/C44H66F4N2O4S/c1-28(2)30-12-19-43(49-35(44(46,47)48)26-50-22-24-55(53,54)25-23-50)21-20-40(6)32(36(30)43)8-9-34-39(5)15-13-31(38(3,4)33(39)14-16-41(34,40)7)29-10-17-42(27-45,18-11-29)37(51)52/h10,13,30,32-36,49H,1,8-9,11-12,14-27H2,2-7H3,(H,51,52)/t30-,32+,33-,34+,35?,36+,39-,40+,41+,42-,43?/m0/s1. The Morgan fingerprint density at radius 2 is 1.64 bits per heavy atom. The van der Waals surface area contributed by atoms with Crippen molar-refractivity contribution in [2.24, 2.45) is 56.7 Å². The molecule has 0 aromatic heterocycles. The normalized spacial score (nSPS) is 44.5. The fourth-order valence-electron chi connectivity index (χ4n) is 14.8. The second kappa shape index (κ2) is 13.7. The predicted molar refractivity (Wildman–Crippen MR) is 209 cm³/mol. The summed E-state index contributed by atoms with van der Waals surface area (Å²) in [4.78, 5) is 13.7. The van der Waals surface area contributed by atoms with Gasteiger partial charge in [-0.25, -0.2) is 12.8 Å². The van der Waals surface area contributed by atoms with Crippen molar-refractivity contribution in [3.05, 3.63) is 35.5 Å². The van der Waals surface area contributed by atoms with Crippen LogP contribution in [0.25, 0.3) is 0 Å². The number of halogens is 4. The number of hydrogen-bond acceptors (Lipinski definition) is 5. The van der Waals surface area contributed by atoms with E-state index in [9.17, 15) is 22.7 Å². The molecule has 0 radical (unpaired) electrons. The molecular formula is C44H66F4N2O4S. The number of rotatable bonds is 8. The lowest BCUT2D eigenvalue weighted by Crippen LogP contribution is -2.70. The van der Waals surface area contributed by atoms with Gasteiger partial charge in [-0.3, -0.25) is 15.0 Å². The number of carboxylic acid groups (broad SMARTS) is 1. The highest BCUT2D eigenvalue weighted by Gasteiger charge is 2.71. The average molecular weight is 795 g/mol. The molecule has 6 aliphatic carbocycles. The Kier molecular flexibility index (Phi) is 10.3. The predicted octanol–water partition coefficient (Wildman–Crippen LogP) is 9.33.